The highest BCUT2D eigenvalue weighted by Gasteiger charge is 2.30. The van der Waals surface area contributed by atoms with Crippen molar-refractivity contribution in [2.24, 2.45) is 0 Å². The summed E-state index contributed by atoms with van der Waals surface area (Å²) in [6, 6.07) is 4.50. The molecule has 1 aromatic rings. The van der Waals surface area contributed by atoms with Gasteiger partial charge >= 0.3 is 0 Å². The molecule has 0 saturated heterocycles. The van der Waals surface area contributed by atoms with Gasteiger partial charge in [0, 0.05) is 18.2 Å². The molecule has 1 aliphatic carbocycles. The molecular weight excluding hydrogens is 200 g/mol. The van der Waals surface area contributed by atoms with Crippen LogP contribution in [-0.2, 0) is 0 Å². The molecule has 2 atom stereocenters. The second-order valence-electron chi connectivity index (χ2n) is 4.29. The Kier molecular flexibility index (Phi) is 3.78. The summed E-state index contributed by atoms with van der Waals surface area (Å²) in [5.41, 5.74) is 1.12. The number of methoxy groups -OCH3 is 1. The Bertz CT molecular complexity index is 340. The monoisotopic (exact) mass is 220 g/mol. The fourth-order valence-corrected chi connectivity index (χ4v) is 2.65. The molecular formula is C13H20N2O. The first-order valence-corrected chi connectivity index (χ1v) is 6.09. The van der Waals surface area contributed by atoms with E-state index in [1.165, 1.54) is 19.3 Å². The van der Waals surface area contributed by atoms with Crippen LogP contribution in [0.25, 0.3) is 0 Å². The highest BCUT2D eigenvalue weighted by Crippen LogP contribution is 2.37. The van der Waals surface area contributed by atoms with Gasteiger partial charge in [-0.15, -0.1) is 0 Å². The Hall–Kier alpha value is -1.09. The Morgan fingerprint density at radius 3 is 3.12 bits per heavy atom. The van der Waals surface area contributed by atoms with Crippen LogP contribution in [0.3, 0.4) is 0 Å². The minimum absolute atomic E-state index is 0.510. The van der Waals surface area contributed by atoms with Gasteiger partial charge in [-0.1, -0.05) is 13.3 Å². The van der Waals surface area contributed by atoms with Gasteiger partial charge in [0.2, 0.25) is 0 Å². The van der Waals surface area contributed by atoms with Crippen molar-refractivity contribution in [3.05, 3.63) is 24.0 Å². The van der Waals surface area contributed by atoms with Crippen molar-refractivity contribution in [3.63, 3.8) is 0 Å². The molecule has 3 nitrogen and oxygen atoms in total. The molecule has 0 spiro atoms. The van der Waals surface area contributed by atoms with E-state index in [1.54, 1.807) is 7.11 Å². The van der Waals surface area contributed by atoms with Gasteiger partial charge < -0.3 is 10.1 Å². The molecule has 0 bridgehead atoms. The fourth-order valence-electron chi connectivity index (χ4n) is 2.65. The lowest BCUT2D eigenvalue weighted by molar-refractivity contribution is 0.392. The van der Waals surface area contributed by atoms with Crippen molar-refractivity contribution in [2.45, 2.75) is 38.1 Å². The standard InChI is InChI=1S/C13H20N2O/c1-3-14-11-7-4-6-10(11)13-12(16-2)8-5-9-15-13/h5,8-11,14H,3-4,6-7H2,1-2H3. The molecule has 1 aromatic heterocycles. The molecule has 1 heterocycles. The number of nitrogens with zero attached hydrogens (tertiary/aromatic N) is 1. The lowest BCUT2D eigenvalue weighted by Crippen LogP contribution is -2.31. The highest BCUT2D eigenvalue weighted by molar-refractivity contribution is 5.31. The minimum atomic E-state index is 0.510. The van der Waals surface area contributed by atoms with Crippen LogP contribution in [0, 0.1) is 0 Å². The molecule has 0 amide bonds. The van der Waals surface area contributed by atoms with Gasteiger partial charge in [-0.05, 0) is 31.5 Å². The second-order valence-corrected chi connectivity index (χ2v) is 4.29. The summed E-state index contributed by atoms with van der Waals surface area (Å²) in [4.78, 5) is 4.50. The van der Waals surface area contributed by atoms with Crippen molar-refractivity contribution in [2.75, 3.05) is 13.7 Å². The topological polar surface area (TPSA) is 34.2 Å². The number of likely N-dealkylation sites (N-methyl/N-ethyl adjacent to an activating group) is 1. The van der Waals surface area contributed by atoms with Crippen LogP contribution in [-0.4, -0.2) is 24.7 Å². The van der Waals surface area contributed by atoms with E-state index >= 15 is 0 Å². The molecule has 0 aromatic carbocycles. The summed E-state index contributed by atoms with van der Waals surface area (Å²) in [6.45, 7) is 3.18. The zero-order chi connectivity index (χ0) is 11.4. The number of hydrogen-bond acceptors (Lipinski definition) is 3. The van der Waals surface area contributed by atoms with E-state index < -0.39 is 0 Å². The molecule has 0 aliphatic heterocycles. The first-order valence-electron chi connectivity index (χ1n) is 6.09. The van der Waals surface area contributed by atoms with Gasteiger partial charge in [0.05, 0.1) is 12.8 Å². The number of ether oxygens (including phenoxy) is 1. The third kappa shape index (κ3) is 2.19. The number of rotatable bonds is 4. The summed E-state index contributed by atoms with van der Waals surface area (Å²) in [6.07, 6.45) is 5.60. The lowest BCUT2D eigenvalue weighted by Gasteiger charge is -2.21. The second kappa shape index (κ2) is 5.30. The van der Waals surface area contributed by atoms with Crippen molar-refractivity contribution < 1.29 is 4.74 Å². The molecule has 16 heavy (non-hydrogen) atoms. The Balaban J connectivity index is 2.21. The predicted molar refractivity (Wildman–Crippen MR) is 64.8 cm³/mol. The molecule has 0 radical (unpaired) electrons. The van der Waals surface area contributed by atoms with Crippen LogP contribution >= 0.6 is 0 Å². The predicted octanol–water partition coefficient (Wildman–Crippen LogP) is 2.34. The summed E-state index contributed by atoms with van der Waals surface area (Å²) < 4.78 is 5.39. The van der Waals surface area contributed by atoms with Gasteiger partial charge in [-0.2, -0.15) is 0 Å². The molecule has 1 aliphatic rings. The van der Waals surface area contributed by atoms with Crippen LogP contribution in [0.4, 0.5) is 0 Å². The molecule has 1 fully saturated rings. The average molecular weight is 220 g/mol. The van der Waals surface area contributed by atoms with Crippen molar-refractivity contribution in [3.8, 4) is 5.75 Å². The number of pyridine rings is 1. The maximum absolute atomic E-state index is 5.39. The van der Waals surface area contributed by atoms with E-state index in [1.807, 2.05) is 18.3 Å². The minimum Gasteiger partial charge on any atom is -0.495 e. The van der Waals surface area contributed by atoms with Crippen LogP contribution in [0.5, 0.6) is 5.75 Å². The van der Waals surface area contributed by atoms with Crippen LogP contribution in [0.1, 0.15) is 37.8 Å². The van der Waals surface area contributed by atoms with Crippen LogP contribution in [0.2, 0.25) is 0 Å². The first kappa shape index (κ1) is 11.4. The van der Waals surface area contributed by atoms with Gasteiger partial charge in [-0.3, -0.25) is 4.98 Å². The van der Waals surface area contributed by atoms with Crippen molar-refractivity contribution >= 4 is 0 Å². The summed E-state index contributed by atoms with van der Waals surface area (Å²) in [5.74, 6) is 1.44. The number of aromatic nitrogens is 1. The zero-order valence-corrected chi connectivity index (χ0v) is 10.1. The molecule has 88 valence electrons. The average Bonchev–Trinajstić information content (AvgIpc) is 2.77. The highest BCUT2D eigenvalue weighted by atomic mass is 16.5. The van der Waals surface area contributed by atoms with Crippen molar-refractivity contribution in [1.82, 2.24) is 10.3 Å². The van der Waals surface area contributed by atoms with Gasteiger partial charge in [0.1, 0.15) is 5.75 Å². The molecule has 1 saturated carbocycles. The van der Waals surface area contributed by atoms with E-state index in [-0.39, 0.29) is 0 Å². The van der Waals surface area contributed by atoms with Crippen LogP contribution < -0.4 is 10.1 Å². The van der Waals surface area contributed by atoms with E-state index in [9.17, 15) is 0 Å². The van der Waals surface area contributed by atoms with E-state index in [4.69, 9.17) is 4.74 Å². The zero-order valence-electron chi connectivity index (χ0n) is 10.1. The maximum Gasteiger partial charge on any atom is 0.140 e. The third-order valence-corrected chi connectivity index (χ3v) is 3.35. The fraction of sp³-hybridized carbons (Fsp3) is 0.615. The first-order chi connectivity index (χ1) is 7.86. The van der Waals surface area contributed by atoms with E-state index in [0.717, 1.165) is 18.0 Å². The Labute approximate surface area is 97.2 Å². The molecule has 3 heteroatoms. The summed E-state index contributed by atoms with van der Waals surface area (Å²) >= 11 is 0. The number of hydrogen-bond donors (Lipinski definition) is 1. The van der Waals surface area contributed by atoms with Crippen LogP contribution in [0.15, 0.2) is 18.3 Å². The van der Waals surface area contributed by atoms with E-state index in [2.05, 4.69) is 17.2 Å². The molecule has 2 unspecified atom stereocenters. The smallest absolute Gasteiger partial charge is 0.140 e. The maximum atomic E-state index is 5.39. The molecule has 2 rings (SSSR count). The normalized spacial score (nSPS) is 24.6. The SMILES string of the molecule is CCNC1CCCC1c1ncccc1OC. The lowest BCUT2D eigenvalue weighted by atomic mass is 9.98. The summed E-state index contributed by atoms with van der Waals surface area (Å²) in [5, 5.41) is 3.55. The Morgan fingerprint density at radius 1 is 1.50 bits per heavy atom. The molecule has 1 N–H and O–H groups in total. The van der Waals surface area contributed by atoms with Gasteiger partial charge in [0.25, 0.3) is 0 Å². The quantitative estimate of drug-likeness (QED) is 0.845. The largest absolute Gasteiger partial charge is 0.495 e. The Morgan fingerprint density at radius 2 is 2.38 bits per heavy atom. The van der Waals surface area contributed by atoms with Crippen molar-refractivity contribution in [1.29, 1.82) is 0 Å². The van der Waals surface area contributed by atoms with Gasteiger partial charge in [-0.25, -0.2) is 0 Å². The van der Waals surface area contributed by atoms with Gasteiger partial charge in [0.15, 0.2) is 0 Å². The van der Waals surface area contributed by atoms with E-state index in [0.29, 0.717) is 12.0 Å². The third-order valence-electron chi connectivity index (χ3n) is 3.35. The number of nitrogens with one attached hydrogen (secondary N) is 1. The summed E-state index contributed by atoms with van der Waals surface area (Å²) in [7, 11) is 1.72.